The number of nitrogens with two attached hydrogens (primary N) is 1. The normalized spacial score (nSPS) is 9.62. The van der Waals surface area contributed by atoms with Crippen molar-refractivity contribution >= 4 is 11.6 Å². The number of carbonyl (C=O) groups excluding carboxylic acids is 1. The summed E-state index contributed by atoms with van der Waals surface area (Å²) >= 11 is 0. The first-order valence-electron chi connectivity index (χ1n) is 6.67. The van der Waals surface area contributed by atoms with E-state index >= 15 is 0 Å². The van der Waals surface area contributed by atoms with Gasteiger partial charge in [-0.05, 0) is 36.2 Å². The van der Waals surface area contributed by atoms with E-state index in [0.29, 0.717) is 5.69 Å². The third kappa shape index (κ3) is 4.44. The molecule has 1 heterocycles. The number of anilines is 1. The molecule has 0 saturated carbocycles. The maximum absolute atomic E-state index is 12.1. The predicted molar refractivity (Wildman–Crippen MR) is 83.7 cm³/mol. The van der Waals surface area contributed by atoms with Gasteiger partial charge in [-0.15, -0.1) is 0 Å². The average molecular weight is 279 g/mol. The largest absolute Gasteiger partial charge is 0.325 e. The molecule has 0 saturated heterocycles. The Labute approximate surface area is 124 Å². The summed E-state index contributed by atoms with van der Waals surface area (Å²) in [6, 6.07) is 9.41. The summed E-state index contributed by atoms with van der Waals surface area (Å²) in [5.41, 5.74) is 8.84. The molecule has 0 aliphatic carbocycles. The van der Waals surface area contributed by atoms with Crippen LogP contribution in [-0.2, 0) is 11.2 Å². The van der Waals surface area contributed by atoms with Gasteiger partial charge in [0.2, 0.25) is 5.91 Å². The zero-order valence-corrected chi connectivity index (χ0v) is 11.9. The van der Waals surface area contributed by atoms with E-state index in [9.17, 15) is 4.79 Å². The fraction of sp³-hybridized carbons (Fsp3) is 0.176. The van der Waals surface area contributed by atoms with Crippen LogP contribution in [0.1, 0.15) is 16.7 Å². The van der Waals surface area contributed by atoms with Crippen molar-refractivity contribution in [2.24, 2.45) is 5.73 Å². The highest BCUT2D eigenvalue weighted by atomic mass is 16.1. The van der Waals surface area contributed by atoms with Crippen molar-refractivity contribution in [2.45, 2.75) is 13.3 Å². The standard InChI is InChI=1S/C17H17N3O/c1-13-6-7-16(15(10-13)5-2-8-18)20-17(21)11-14-4-3-9-19-12-14/h3-4,6-7,9-10,12H,8,11,18H2,1H3,(H,20,21). The summed E-state index contributed by atoms with van der Waals surface area (Å²) in [5, 5.41) is 2.89. The summed E-state index contributed by atoms with van der Waals surface area (Å²) in [5.74, 6) is 5.70. The number of hydrogen-bond donors (Lipinski definition) is 2. The molecule has 0 atom stereocenters. The van der Waals surface area contributed by atoms with Crippen molar-refractivity contribution in [3.8, 4) is 11.8 Å². The molecular weight excluding hydrogens is 262 g/mol. The Kier molecular flexibility index (Phi) is 5.08. The van der Waals surface area contributed by atoms with E-state index in [0.717, 1.165) is 16.7 Å². The molecule has 1 amide bonds. The molecular formula is C17H17N3O. The molecule has 1 aromatic carbocycles. The number of nitrogens with one attached hydrogen (secondary N) is 1. The third-order valence-corrected chi connectivity index (χ3v) is 2.86. The van der Waals surface area contributed by atoms with E-state index in [2.05, 4.69) is 22.1 Å². The lowest BCUT2D eigenvalue weighted by atomic mass is 10.1. The highest BCUT2D eigenvalue weighted by Crippen LogP contribution is 2.16. The zero-order chi connectivity index (χ0) is 15.1. The van der Waals surface area contributed by atoms with Crippen LogP contribution in [0.5, 0.6) is 0 Å². The Bertz CT molecular complexity index is 684. The van der Waals surface area contributed by atoms with Crippen molar-refractivity contribution in [3.05, 3.63) is 59.4 Å². The number of pyridine rings is 1. The summed E-state index contributed by atoms with van der Waals surface area (Å²) in [7, 11) is 0. The first-order valence-corrected chi connectivity index (χ1v) is 6.67. The van der Waals surface area contributed by atoms with Gasteiger partial charge in [0, 0.05) is 18.0 Å². The van der Waals surface area contributed by atoms with Crippen LogP contribution in [0.15, 0.2) is 42.7 Å². The van der Waals surface area contributed by atoms with Gasteiger partial charge in [-0.3, -0.25) is 9.78 Å². The van der Waals surface area contributed by atoms with E-state index in [1.165, 1.54) is 0 Å². The van der Waals surface area contributed by atoms with Gasteiger partial charge < -0.3 is 11.1 Å². The summed E-state index contributed by atoms with van der Waals surface area (Å²) in [6.07, 6.45) is 3.65. The lowest BCUT2D eigenvalue weighted by molar-refractivity contribution is -0.115. The van der Waals surface area contributed by atoms with Crippen molar-refractivity contribution in [3.63, 3.8) is 0 Å². The Morgan fingerprint density at radius 2 is 2.24 bits per heavy atom. The Morgan fingerprint density at radius 3 is 2.95 bits per heavy atom. The topological polar surface area (TPSA) is 68.0 Å². The Balaban J connectivity index is 2.13. The Hall–Kier alpha value is -2.64. The molecule has 3 N–H and O–H groups in total. The minimum absolute atomic E-state index is 0.0948. The van der Waals surface area contributed by atoms with Crippen molar-refractivity contribution in [1.29, 1.82) is 0 Å². The van der Waals surface area contributed by atoms with Crippen LogP contribution in [0.4, 0.5) is 5.69 Å². The second kappa shape index (κ2) is 7.22. The van der Waals surface area contributed by atoms with E-state index in [-0.39, 0.29) is 18.9 Å². The van der Waals surface area contributed by atoms with Crippen molar-refractivity contribution in [1.82, 2.24) is 4.98 Å². The predicted octanol–water partition coefficient (Wildman–Crippen LogP) is 1.88. The maximum atomic E-state index is 12.1. The first kappa shape index (κ1) is 14.8. The number of rotatable bonds is 3. The summed E-state index contributed by atoms with van der Waals surface area (Å²) in [4.78, 5) is 16.1. The SMILES string of the molecule is Cc1ccc(NC(=O)Cc2cccnc2)c(C#CCN)c1. The van der Waals surface area contributed by atoms with Gasteiger partial charge in [0.1, 0.15) is 0 Å². The van der Waals surface area contributed by atoms with E-state index in [4.69, 9.17) is 5.73 Å². The molecule has 2 aromatic rings. The van der Waals surface area contributed by atoms with Crippen LogP contribution in [0.2, 0.25) is 0 Å². The minimum atomic E-state index is -0.0948. The molecule has 1 aromatic heterocycles. The second-order valence-electron chi connectivity index (χ2n) is 4.64. The number of aryl methyl sites for hydroxylation is 1. The van der Waals surface area contributed by atoms with Gasteiger partial charge in [0.05, 0.1) is 18.7 Å². The smallest absolute Gasteiger partial charge is 0.228 e. The molecule has 0 aliphatic rings. The second-order valence-corrected chi connectivity index (χ2v) is 4.64. The average Bonchev–Trinajstić information content (AvgIpc) is 2.48. The molecule has 2 rings (SSSR count). The van der Waals surface area contributed by atoms with Gasteiger partial charge in [-0.1, -0.05) is 24.0 Å². The number of benzene rings is 1. The van der Waals surface area contributed by atoms with Crippen LogP contribution in [0.3, 0.4) is 0 Å². The van der Waals surface area contributed by atoms with Crippen LogP contribution < -0.4 is 11.1 Å². The number of nitrogens with zero attached hydrogens (tertiary/aromatic N) is 1. The third-order valence-electron chi connectivity index (χ3n) is 2.86. The van der Waals surface area contributed by atoms with Gasteiger partial charge in [0.25, 0.3) is 0 Å². The molecule has 0 radical (unpaired) electrons. The number of amides is 1. The maximum Gasteiger partial charge on any atom is 0.228 e. The lowest BCUT2D eigenvalue weighted by Gasteiger charge is -2.08. The summed E-state index contributed by atoms with van der Waals surface area (Å²) in [6.45, 7) is 2.27. The fourth-order valence-corrected chi connectivity index (χ4v) is 1.90. The minimum Gasteiger partial charge on any atom is -0.325 e. The molecule has 0 spiro atoms. The van der Waals surface area contributed by atoms with Crippen LogP contribution in [0, 0.1) is 18.8 Å². The van der Waals surface area contributed by atoms with Gasteiger partial charge in [-0.25, -0.2) is 0 Å². The van der Waals surface area contributed by atoms with Crippen LogP contribution >= 0.6 is 0 Å². The molecule has 4 heteroatoms. The van der Waals surface area contributed by atoms with Crippen LogP contribution in [0.25, 0.3) is 0 Å². The van der Waals surface area contributed by atoms with Crippen molar-refractivity contribution in [2.75, 3.05) is 11.9 Å². The molecule has 0 fully saturated rings. The van der Waals surface area contributed by atoms with Gasteiger partial charge in [-0.2, -0.15) is 0 Å². The van der Waals surface area contributed by atoms with Crippen molar-refractivity contribution < 1.29 is 4.79 Å². The zero-order valence-electron chi connectivity index (χ0n) is 11.9. The molecule has 106 valence electrons. The van der Waals surface area contributed by atoms with Crippen LogP contribution in [-0.4, -0.2) is 17.4 Å². The quantitative estimate of drug-likeness (QED) is 0.843. The first-order chi connectivity index (χ1) is 10.2. The number of carbonyl (C=O) groups is 1. The summed E-state index contributed by atoms with van der Waals surface area (Å²) < 4.78 is 0. The van der Waals surface area contributed by atoms with E-state index in [1.807, 2.05) is 37.3 Å². The highest BCUT2D eigenvalue weighted by Gasteiger charge is 2.07. The number of aromatic nitrogens is 1. The van der Waals surface area contributed by atoms with Gasteiger partial charge in [0.15, 0.2) is 0 Å². The number of hydrogen-bond acceptors (Lipinski definition) is 3. The monoisotopic (exact) mass is 279 g/mol. The molecule has 0 aliphatic heterocycles. The lowest BCUT2D eigenvalue weighted by Crippen LogP contribution is -2.15. The molecule has 0 bridgehead atoms. The Morgan fingerprint density at radius 1 is 1.38 bits per heavy atom. The molecule has 0 unspecified atom stereocenters. The van der Waals surface area contributed by atoms with E-state index in [1.54, 1.807) is 12.4 Å². The highest BCUT2D eigenvalue weighted by molar-refractivity contribution is 5.93. The fourth-order valence-electron chi connectivity index (χ4n) is 1.90. The molecule has 21 heavy (non-hydrogen) atoms. The molecule has 4 nitrogen and oxygen atoms in total. The van der Waals surface area contributed by atoms with Gasteiger partial charge >= 0.3 is 0 Å². The van der Waals surface area contributed by atoms with E-state index < -0.39 is 0 Å².